The lowest BCUT2D eigenvalue weighted by atomic mass is 9.91. The molecule has 0 saturated carbocycles. The molecule has 1 aromatic rings. The predicted molar refractivity (Wildman–Crippen MR) is 63.5 cm³/mol. The lowest BCUT2D eigenvalue weighted by Gasteiger charge is -2.23. The molecular weight excluding hydrogens is 232 g/mol. The summed E-state index contributed by atoms with van der Waals surface area (Å²) in [6.07, 6.45) is 2.69. The van der Waals surface area contributed by atoms with E-state index in [0.717, 1.165) is 24.0 Å². The molecule has 2 aliphatic heterocycles. The van der Waals surface area contributed by atoms with Gasteiger partial charge >= 0.3 is 11.9 Å². The van der Waals surface area contributed by atoms with Gasteiger partial charge in [0.1, 0.15) is 11.5 Å². The first kappa shape index (κ1) is 11.3. The molecule has 4 nitrogen and oxygen atoms in total. The van der Waals surface area contributed by atoms with Gasteiger partial charge in [0.25, 0.3) is 0 Å². The Hall–Kier alpha value is -1.84. The highest BCUT2D eigenvalue weighted by molar-refractivity contribution is 5.79. The molecular formula is C14H14O4. The van der Waals surface area contributed by atoms with E-state index in [4.69, 9.17) is 9.47 Å². The fraction of sp³-hybridized carbons (Fsp3) is 0.429. The lowest BCUT2D eigenvalue weighted by molar-refractivity contribution is -0.139. The van der Waals surface area contributed by atoms with E-state index in [2.05, 4.69) is 0 Å². The summed E-state index contributed by atoms with van der Waals surface area (Å²) in [6.45, 7) is 1.85. The molecule has 0 fully saturated rings. The fourth-order valence-electron chi connectivity index (χ4n) is 2.52. The molecule has 1 aromatic carbocycles. The molecule has 0 amide bonds. The normalized spacial score (nSPS) is 22.4. The molecule has 2 heterocycles. The summed E-state index contributed by atoms with van der Waals surface area (Å²) in [7, 11) is 0. The Morgan fingerprint density at radius 1 is 1.06 bits per heavy atom. The maximum atomic E-state index is 11.5. The molecule has 0 aliphatic carbocycles. The minimum atomic E-state index is -0.187. The van der Waals surface area contributed by atoms with E-state index in [-0.39, 0.29) is 17.9 Å². The zero-order chi connectivity index (χ0) is 12.7. The summed E-state index contributed by atoms with van der Waals surface area (Å²) in [5, 5.41) is 0. The number of benzene rings is 1. The lowest BCUT2D eigenvalue weighted by Crippen LogP contribution is -2.26. The standard InChI is InChI=1S/C14H14O4/c1-8-7-10-9-3-2-4-13(15)17-11(9)5-6-12(10)18-14(8)16/h5-6,8H,2-4,7H2,1H3. The van der Waals surface area contributed by atoms with Crippen molar-refractivity contribution in [2.45, 2.75) is 32.6 Å². The second-order valence-corrected chi connectivity index (χ2v) is 4.87. The summed E-state index contributed by atoms with van der Waals surface area (Å²) in [5.74, 6) is 0.738. The summed E-state index contributed by atoms with van der Waals surface area (Å²) < 4.78 is 10.6. The molecule has 0 bridgehead atoms. The number of rotatable bonds is 0. The molecule has 4 heteroatoms. The van der Waals surface area contributed by atoms with E-state index in [1.807, 2.05) is 6.92 Å². The van der Waals surface area contributed by atoms with Gasteiger partial charge in [0.2, 0.25) is 0 Å². The quantitative estimate of drug-likeness (QED) is 0.519. The van der Waals surface area contributed by atoms with Crippen molar-refractivity contribution < 1.29 is 19.1 Å². The van der Waals surface area contributed by atoms with Crippen molar-refractivity contribution >= 4 is 11.9 Å². The first-order valence-corrected chi connectivity index (χ1v) is 6.22. The van der Waals surface area contributed by atoms with Crippen LogP contribution in [0.4, 0.5) is 0 Å². The molecule has 18 heavy (non-hydrogen) atoms. The first-order chi connectivity index (χ1) is 8.65. The minimum absolute atomic E-state index is 0.136. The van der Waals surface area contributed by atoms with Gasteiger partial charge in [-0.05, 0) is 31.4 Å². The first-order valence-electron chi connectivity index (χ1n) is 6.22. The number of hydrogen-bond acceptors (Lipinski definition) is 4. The van der Waals surface area contributed by atoms with Crippen LogP contribution in [0, 0.1) is 5.92 Å². The van der Waals surface area contributed by atoms with Gasteiger partial charge in [0, 0.05) is 17.5 Å². The monoisotopic (exact) mass is 246 g/mol. The van der Waals surface area contributed by atoms with Crippen LogP contribution in [0.25, 0.3) is 0 Å². The Labute approximate surface area is 105 Å². The maximum Gasteiger partial charge on any atom is 0.314 e. The van der Waals surface area contributed by atoms with E-state index >= 15 is 0 Å². The van der Waals surface area contributed by atoms with Crippen molar-refractivity contribution in [3.8, 4) is 11.5 Å². The van der Waals surface area contributed by atoms with Gasteiger partial charge in [-0.15, -0.1) is 0 Å². The van der Waals surface area contributed by atoms with Gasteiger partial charge in [0.05, 0.1) is 5.92 Å². The van der Waals surface area contributed by atoms with Gasteiger partial charge in [0.15, 0.2) is 0 Å². The Bertz CT molecular complexity index is 533. The number of ether oxygens (including phenoxy) is 2. The van der Waals surface area contributed by atoms with E-state index in [1.165, 1.54) is 0 Å². The number of esters is 2. The summed E-state index contributed by atoms with van der Waals surface area (Å²) >= 11 is 0. The van der Waals surface area contributed by atoms with Gasteiger partial charge in [-0.2, -0.15) is 0 Å². The molecule has 2 aliphatic rings. The van der Waals surface area contributed by atoms with Crippen LogP contribution < -0.4 is 9.47 Å². The zero-order valence-electron chi connectivity index (χ0n) is 10.2. The molecule has 0 radical (unpaired) electrons. The maximum absolute atomic E-state index is 11.5. The van der Waals surface area contributed by atoms with Crippen LogP contribution in [0.15, 0.2) is 12.1 Å². The van der Waals surface area contributed by atoms with Crippen LogP contribution in [0.1, 0.15) is 30.9 Å². The SMILES string of the molecule is CC1Cc2c(ccc3c2CCCC(=O)O3)OC1=O. The highest BCUT2D eigenvalue weighted by Gasteiger charge is 2.29. The van der Waals surface area contributed by atoms with Crippen molar-refractivity contribution in [3.63, 3.8) is 0 Å². The predicted octanol–water partition coefficient (Wildman–Crippen LogP) is 2.03. The molecule has 0 aromatic heterocycles. The summed E-state index contributed by atoms with van der Waals surface area (Å²) in [5.41, 5.74) is 2.05. The van der Waals surface area contributed by atoms with Gasteiger partial charge in [-0.1, -0.05) is 6.92 Å². The highest BCUT2D eigenvalue weighted by atomic mass is 16.5. The Balaban J connectivity index is 2.08. The van der Waals surface area contributed by atoms with Crippen LogP contribution >= 0.6 is 0 Å². The largest absolute Gasteiger partial charge is 0.426 e. The van der Waals surface area contributed by atoms with Crippen LogP contribution in [-0.2, 0) is 22.4 Å². The third-order valence-corrected chi connectivity index (χ3v) is 3.50. The average molecular weight is 246 g/mol. The van der Waals surface area contributed by atoms with Gasteiger partial charge in [-0.25, -0.2) is 0 Å². The molecule has 3 rings (SSSR count). The molecule has 0 N–H and O–H groups in total. The van der Waals surface area contributed by atoms with Crippen molar-refractivity contribution in [2.75, 3.05) is 0 Å². The molecule has 1 unspecified atom stereocenters. The minimum Gasteiger partial charge on any atom is -0.426 e. The smallest absolute Gasteiger partial charge is 0.314 e. The highest BCUT2D eigenvalue weighted by Crippen LogP contribution is 2.38. The second kappa shape index (κ2) is 4.12. The van der Waals surface area contributed by atoms with E-state index in [0.29, 0.717) is 24.3 Å². The van der Waals surface area contributed by atoms with Crippen molar-refractivity contribution in [1.29, 1.82) is 0 Å². The molecule has 1 atom stereocenters. The van der Waals surface area contributed by atoms with Crippen LogP contribution in [-0.4, -0.2) is 11.9 Å². The third kappa shape index (κ3) is 1.78. The van der Waals surface area contributed by atoms with Crippen LogP contribution in [0.2, 0.25) is 0 Å². The van der Waals surface area contributed by atoms with Crippen molar-refractivity contribution in [2.24, 2.45) is 5.92 Å². The number of carbonyl (C=O) groups is 2. The molecule has 94 valence electrons. The Morgan fingerprint density at radius 3 is 2.56 bits per heavy atom. The van der Waals surface area contributed by atoms with E-state index in [9.17, 15) is 9.59 Å². The average Bonchev–Trinajstić information content (AvgIpc) is 2.52. The van der Waals surface area contributed by atoms with E-state index < -0.39 is 0 Å². The topological polar surface area (TPSA) is 52.6 Å². The van der Waals surface area contributed by atoms with Crippen molar-refractivity contribution in [3.05, 3.63) is 23.3 Å². The summed E-state index contributed by atoms with van der Waals surface area (Å²) in [4.78, 5) is 23.0. The number of hydrogen-bond donors (Lipinski definition) is 0. The summed E-state index contributed by atoms with van der Waals surface area (Å²) in [6, 6.07) is 3.44. The van der Waals surface area contributed by atoms with Gasteiger partial charge in [-0.3, -0.25) is 9.59 Å². The Kier molecular flexibility index (Phi) is 2.58. The number of fused-ring (bicyclic) bond motifs is 3. The van der Waals surface area contributed by atoms with Crippen LogP contribution in [0.3, 0.4) is 0 Å². The Morgan fingerprint density at radius 2 is 1.78 bits per heavy atom. The van der Waals surface area contributed by atoms with Crippen molar-refractivity contribution in [1.82, 2.24) is 0 Å². The van der Waals surface area contributed by atoms with Crippen LogP contribution in [0.5, 0.6) is 11.5 Å². The fourth-order valence-corrected chi connectivity index (χ4v) is 2.52. The van der Waals surface area contributed by atoms with E-state index in [1.54, 1.807) is 12.1 Å². The molecule has 0 spiro atoms. The number of carbonyl (C=O) groups excluding carboxylic acids is 2. The molecule has 0 saturated heterocycles. The zero-order valence-corrected chi connectivity index (χ0v) is 10.2. The van der Waals surface area contributed by atoms with Gasteiger partial charge < -0.3 is 9.47 Å². The third-order valence-electron chi connectivity index (χ3n) is 3.50. The second-order valence-electron chi connectivity index (χ2n) is 4.87.